The normalized spacial score (nSPS) is 10.2. The van der Waals surface area contributed by atoms with E-state index in [1.165, 1.54) is 0 Å². The third-order valence-electron chi connectivity index (χ3n) is 3.01. The molecule has 0 spiro atoms. The maximum atomic E-state index is 11.1. The number of hydrogen-bond acceptors (Lipinski definition) is 2. The first kappa shape index (κ1) is 13.1. The number of carboxylic acid groups (broad SMARTS) is 1. The van der Waals surface area contributed by atoms with Gasteiger partial charge in [0.2, 0.25) is 0 Å². The lowest BCUT2D eigenvalue weighted by atomic mass is 10.1. The average Bonchev–Trinajstić information content (AvgIpc) is 2.40. The van der Waals surface area contributed by atoms with Crippen LogP contribution in [-0.4, -0.2) is 11.1 Å². The number of benzene rings is 2. The van der Waals surface area contributed by atoms with Gasteiger partial charge in [0, 0.05) is 0 Å². The van der Waals surface area contributed by atoms with Crippen LogP contribution in [0.25, 0.3) is 0 Å². The molecular weight excluding hydrogens is 240 g/mol. The van der Waals surface area contributed by atoms with Crippen molar-refractivity contribution in [3.8, 4) is 5.75 Å². The summed E-state index contributed by atoms with van der Waals surface area (Å²) < 4.78 is 5.64. The fourth-order valence-corrected chi connectivity index (χ4v) is 1.88. The molecule has 98 valence electrons. The third-order valence-corrected chi connectivity index (χ3v) is 3.01. The van der Waals surface area contributed by atoms with Crippen LogP contribution in [0.4, 0.5) is 0 Å². The molecule has 0 heterocycles. The Hall–Kier alpha value is -2.29. The van der Waals surface area contributed by atoms with Crippen molar-refractivity contribution < 1.29 is 14.6 Å². The Kier molecular flexibility index (Phi) is 3.85. The highest BCUT2D eigenvalue weighted by molar-refractivity contribution is 5.90. The van der Waals surface area contributed by atoms with Crippen molar-refractivity contribution in [2.45, 2.75) is 20.5 Å². The van der Waals surface area contributed by atoms with E-state index in [0.717, 1.165) is 16.7 Å². The molecule has 2 rings (SSSR count). The van der Waals surface area contributed by atoms with Crippen LogP contribution in [0.1, 0.15) is 27.0 Å². The van der Waals surface area contributed by atoms with E-state index in [2.05, 4.69) is 6.07 Å². The average molecular weight is 256 g/mol. The van der Waals surface area contributed by atoms with Crippen molar-refractivity contribution >= 4 is 5.97 Å². The molecule has 0 atom stereocenters. The van der Waals surface area contributed by atoms with Crippen molar-refractivity contribution in [3.63, 3.8) is 0 Å². The van der Waals surface area contributed by atoms with E-state index in [9.17, 15) is 4.79 Å². The van der Waals surface area contributed by atoms with Crippen molar-refractivity contribution in [1.29, 1.82) is 0 Å². The van der Waals surface area contributed by atoms with Gasteiger partial charge in [0.15, 0.2) is 0 Å². The minimum absolute atomic E-state index is 0.188. The largest absolute Gasteiger partial charge is 0.488 e. The van der Waals surface area contributed by atoms with E-state index >= 15 is 0 Å². The molecule has 0 unspecified atom stereocenters. The van der Waals surface area contributed by atoms with Gasteiger partial charge in [-0.1, -0.05) is 35.9 Å². The quantitative estimate of drug-likeness (QED) is 0.909. The van der Waals surface area contributed by atoms with Crippen LogP contribution in [0.15, 0.2) is 42.5 Å². The van der Waals surface area contributed by atoms with Gasteiger partial charge < -0.3 is 9.84 Å². The van der Waals surface area contributed by atoms with E-state index in [1.807, 2.05) is 26.0 Å². The standard InChI is InChI=1S/C16H16O3/c1-11-7-8-12(2)13(9-11)10-19-15-6-4-3-5-14(15)16(17)18/h3-9H,10H2,1-2H3,(H,17,18). The molecule has 0 aromatic heterocycles. The third kappa shape index (κ3) is 3.13. The first-order valence-electron chi connectivity index (χ1n) is 6.09. The molecule has 0 saturated carbocycles. The molecule has 0 aliphatic carbocycles. The van der Waals surface area contributed by atoms with Crippen molar-refractivity contribution in [1.82, 2.24) is 0 Å². The van der Waals surface area contributed by atoms with Gasteiger partial charge in [-0.25, -0.2) is 4.79 Å². The molecule has 0 aliphatic heterocycles. The predicted molar refractivity (Wildman–Crippen MR) is 73.6 cm³/mol. The van der Waals surface area contributed by atoms with Crippen LogP contribution in [0.3, 0.4) is 0 Å². The van der Waals surface area contributed by atoms with Crippen LogP contribution >= 0.6 is 0 Å². The minimum Gasteiger partial charge on any atom is -0.488 e. The molecule has 2 aromatic rings. The van der Waals surface area contributed by atoms with Crippen LogP contribution in [0.2, 0.25) is 0 Å². The summed E-state index contributed by atoms with van der Waals surface area (Å²) in [5, 5.41) is 9.08. The lowest BCUT2D eigenvalue weighted by molar-refractivity contribution is 0.0692. The molecule has 0 saturated heterocycles. The van der Waals surface area contributed by atoms with Crippen LogP contribution in [0, 0.1) is 13.8 Å². The number of ether oxygens (including phenoxy) is 1. The first-order valence-corrected chi connectivity index (χ1v) is 6.09. The van der Waals surface area contributed by atoms with E-state index in [0.29, 0.717) is 12.4 Å². The summed E-state index contributed by atoms with van der Waals surface area (Å²) in [6, 6.07) is 12.8. The lowest BCUT2D eigenvalue weighted by Crippen LogP contribution is -2.04. The molecule has 19 heavy (non-hydrogen) atoms. The fourth-order valence-electron chi connectivity index (χ4n) is 1.88. The number of aryl methyl sites for hydroxylation is 2. The van der Waals surface area contributed by atoms with E-state index in [4.69, 9.17) is 9.84 Å². The predicted octanol–water partition coefficient (Wildman–Crippen LogP) is 3.58. The van der Waals surface area contributed by atoms with Gasteiger partial charge in [0.25, 0.3) is 0 Å². The zero-order valence-corrected chi connectivity index (χ0v) is 11.0. The molecular formula is C16H16O3. The van der Waals surface area contributed by atoms with Gasteiger partial charge in [-0.3, -0.25) is 0 Å². The van der Waals surface area contributed by atoms with E-state index < -0.39 is 5.97 Å². The maximum Gasteiger partial charge on any atom is 0.339 e. The first-order chi connectivity index (χ1) is 9.08. The Morgan fingerprint density at radius 1 is 1.16 bits per heavy atom. The molecule has 0 radical (unpaired) electrons. The molecule has 1 N–H and O–H groups in total. The van der Waals surface area contributed by atoms with Gasteiger partial charge >= 0.3 is 5.97 Å². The smallest absolute Gasteiger partial charge is 0.339 e. The summed E-state index contributed by atoms with van der Waals surface area (Å²) >= 11 is 0. The molecule has 0 bridgehead atoms. The van der Waals surface area contributed by atoms with Gasteiger partial charge in [0.05, 0.1) is 0 Å². The summed E-state index contributed by atoms with van der Waals surface area (Å²) in [5.41, 5.74) is 3.56. The molecule has 2 aromatic carbocycles. The zero-order chi connectivity index (χ0) is 13.8. The van der Waals surface area contributed by atoms with E-state index in [-0.39, 0.29) is 5.56 Å². The van der Waals surface area contributed by atoms with Gasteiger partial charge in [-0.05, 0) is 37.1 Å². The summed E-state index contributed by atoms with van der Waals surface area (Å²) in [4.78, 5) is 11.1. The highest BCUT2D eigenvalue weighted by atomic mass is 16.5. The topological polar surface area (TPSA) is 46.5 Å². The number of rotatable bonds is 4. The second kappa shape index (κ2) is 5.57. The molecule has 0 aliphatic rings. The molecule has 0 fully saturated rings. The second-order valence-electron chi connectivity index (χ2n) is 4.52. The Balaban J connectivity index is 2.19. The summed E-state index contributed by atoms with van der Waals surface area (Å²) in [6.07, 6.45) is 0. The number of carboxylic acids is 1. The summed E-state index contributed by atoms with van der Waals surface area (Å²) in [6.45, 7) is 4.41. The maximum absolute atomic E-state index is 11.1. The van der Waals surface area contributed by atoms with Crippen molar-refractivity contribution in [2.75, 3.05) is 0 Å². The minimum atomic E-state index is -0.975. The molecule has 3 nitrogen and oxygen atoms in total. The van der Waals surface area contributed by atoms with Gasteiger partial charge in [0.1, 0.15) is 17.9 Å². The Morgan fingerprint density at radius 2 is 1.89 bits per heavy atom. The van der Waals surface area contributed by atoms with Gasteiger partial charge in [-0.15, -0.1) is 0 Å². The fraction of sp³-hybridized carbons (Fsp3) is 0.188. The summed E-state index contributed by atoms with van der Waals surface area (Å²) in [5.74, 6) is -0.576. The Bertz CT molecular complexity index is 603. The SMILES string of the molecule is Cc1ccc(C)c(COc2ccccc2C(=O)O)c1. The van der Waals surface area contributed by atoms with Gasteiger partial charge in [-0.2, -0.15) is 0 Å². The van der Waals surface area contributed by atoms with Crippen LogP contribution in [0.5, 0.6) is 5.75 Å². The van der Waals surface area contributed by atoms with Crippen molar-refractivity contribution in [2.24, 2.45) is 0 Å². The number of aromatic carboxylic acids is 1. The summed E-state index contributed by atoms with van der Waals surface area (Å²) in [7, 11) is 0. The Labute approximate surface area is 112 Å². The number of hydrogen-bond donors (Lipinski definition) is 1. The number of carbonyl (C=O) groups is 1. The highest BCUT2D eigenvalue weighted by Crippen LogP contribution is 2.20. The number of para-hydroxylation sites is 1. The monoisotopic (exact) mass is 256 g/mol. The molecule has 3 heteroatoms. The van der Waals surface area contributed by atoms with Crippen LogP contribution < -0.4 is 4.74 Å². The zero-order valence-electron chi connectivity index (χ0n) is 11.0. The van der Waals surface area contributed by atoms with E-state index in [1.54, 1.807) is 24.3 Å². The lowest BCUT2D eigenvalue weighted by Gasteiger charge is -2.11. The highest BCUT2D eigenvalue weighted by Gasteiger charge is 2.10. The van der Waals surface area contributed by atoms with Crippen molar-refractivity contribution in [3.05, 3.63) is 64.7 Å². The van der Waals surface area contributed by atoms with Crippen LogP contribution in [-0.2, 0) is 6.61 Å². The molecule has 0 amide bonds. The second-order valence-corrected chi connectivity index (χ2v) is 4.52. The Morgan fingerprint density at radius 3 is 2.63 bits per heavy atom.